The number of phenols is 1. The molecule has 1 aromatic rings. The first-order chi connectivity index (χ1) is 17.6. The van der Waals surface area contributed by atoms with Crippen LogP contribution >= 0.6 is 0 Å². The minimum Gasteiger partial charge on any atom is -0.504 e. The van der Waals surface area contributed by atoms with Crippen molar-refractivity contribution >= 4 is 6.16 Å². The van der Waals surface area contributed by atoms with E-state index in [1.54, 1.807) is 12.1 Å². The molecule has 36 heavy (non-hydrogen) atoms. The van der Waals surface area contributed by atoms with Crippen molar-refractivity contribution in [3.8, 4) is 11.5 Å². The zero-order valence-electron chi connectivity index (χ0n) is 23.0. The van der Waals surface area contributed by atoms with Crippen LogP contribution in [0.25, 0.3) is 0 Å². The van der Waals surface area contributed by atoms with Gasteiger partial charge in [-0.25, -0.2) is 4.79 Å². The van der Waals surface area contributed by atoms with Gasteiger partial charge in [-0.15, -0.1) is 0 Å². The first-order valence-electron chi connectivity index (χ1n) is 14.5. The van der Waals surface area contributed by atoms with E-state index in [2.05, 4.69) is 18.6 Å². The number of hydrogen-bond donors (Lipinski definition) is 2. The lowest BCUT2D eigenvalue weighted by Gasteiger charge is -2.19. The Hall–Kier alpha value is -1.79. The number of para-hydroxylation sites is 1. The topological polar surface area (TPSA) is 85.2 Å². The molecule has 0 heterocycles. The summed E-state index contributed by atoms with van der Waals surface area (Å²) in [6.07, 6.45) is 19.3. The van der Waals surface area contributed by atoms with Crippen molar-refractivity contribution in [2.75, 3.05) is 13.2 Å². The van der Waals surface area contributed by atoms with Gasteiger partial charge in [0.25, 0.3) is 0 Å². The maximum Gasteiger partial charge on any atom is 0.511 e. The zero-order valence-corrected chi connectivity index (χ0v) is 23.0. The van der Waals surface area contributed by atoms with E-state index in [-0.39, 0.29) is 17.8 Å². The largest absolute Gasteiger partial charge is 0.511 e. The van der Waals surface area contributed by atoms with Crippen LogP contribution in [0.4, 0.5) is 4.79 Å². The van der Waals surface area contributed by atoms with E-state index < -0.39 is 6.16 Å². The van der Waals surface area contributed by atoms with Crippen molar-refractivity contribution in [2.45, 2.75) is 136 Å². The highest BCUT2D eigenvalue weighted by molar-refractivity contribution is 5.63. The van der Waals surface area contributed by atoms with Crippen molar-refractivity contribution in [1.29, 1.82) is 0 Å². The van der Waals surface area contributed by atoms with Crippen LogP contribution < -0.4 is 4.74 Å². The Bertz CT molecular complexity index is 643. The number of aromatic hydroxyl groups is 1. The average Bonchev–Trinajstić information content (AvgIpc) is 2.86. The number of unbranched alkanes of at least 4 members (excludes halogenated alkanes) is 13. The number of carbonyl (C=O) groups is 1. The molecule has 0 fully saturated rings. The predicted molar refractivity (Wildman–Crippen MR) is 146 cm³/mol. The predicted octanol–water partition coefficient (Wildman–Crippen LogP) is 9.02. The van der Waals surface area contributed by atoms with Crippen LogP contribution in [0.3, 0.4) is 0 Å². The van der Waals surface area contributed by atoms with E-state index in [1.165, 1.54) is 83.1 Å². The van der Waals surface area contributed by atoms with Gasteiger partial charge < -0.3 is 24.4 Å². The molecule has 0 spiro atoms. The number of benzene rings is 1. The third-order valence-electron chi connectivity index (χ3n) is 6.52. The minimum absolute atomic E-state index is 0.0195. The Kier molecular flexibility index (Phi) is 20.1. The lowest BCUT2D eigenvalue weighted by atomic mass is 10.1. The van der Waals surface area contributed by atoms with Crippen molar-refractivity contribution in [3.05, 3.63) is 23.8 Å². The molecule has 6 heteroatoms. The van der Waals surface area contributed by atoms with Crippen molar-refractivity contribution in [3.63, 3.8) is 0 Å². The van der Waals surface area contributed by atoms with Crippen molar-refractivity contribution in [2.24, 2.45) is 0 Å². The first-order valence-corrected chi connectivity index (χ1v) is 14.5. The van der Waals surface area contributed by atoms with Gasteiger partial charge in [0.2, 0.25) is 0 Å². The summed E-state index contributed by atoms with van der Waals surface area (Å²) in [5, 5.41) is 19.1. The second kappa shape index (κ2) is 22.4. The highest BCUT2D eigenvalue weighted by atomic mass is 16.7. The smallest absolute Gasteiger partial charge is 0.504 e. The molecule has 0 bridgehead atoms. The Morgan fingerprint density at radius 2 is 1.28 bits per heavy atom. The molecule has 0 aromatic heterocycles. The second-order valence-corrected chi connectivity index (χ2v) is 9.79. The van der Waals surface area contributed by atoms with Gasteiger partial charge >= 0.3 is 6.16 Å². The summed E-state index contributed by atoms with van der Waals surface area (Å²) in [6.45, 7) is 5.97. The minimum atomic E-state index is -1.43. The lowest BCUT2D eigenvalue weighted by Crippen LogP contribution is -2.19. The highest BCUT2D eigenvalue weighted by Crippen LogP contribution is 2.31. The molecule has 1 aromatic carbocycles. The molecule has 0 amide bonds. The van der Waals surface area contributed by atoms with Gasteiger partial charge in [0.15, 0.2) is 17.8 Å². The zero-order chi connectivity index (χ0) is 26.3. The van der Waals surface area contributed by atoms with Crippen LogP contribution in [-0.4, -0.2) is 35.9 Å². The van der Waals surface area contributed by atoms with E-state index in [4.69, 9.17) is 14.6 Å². The van der Waals surface area contributed by atoms with E-state index >= 15 is 0 Å². The molecule has 0 atom stereocenters. The van der Waals surface area contributed by atoms with Crippen LogP contribution in [0.2, 0.25) is 0 Å². The summed E-state index contributed by atoms with van der Waals surface area (Å²) in [6, 6.07) is 4.96. The summed E-state index contributed by atoms with van der Waals surface area (Å²) in [5.41, 5.74) is 0.693. The monoisotopic (exact) mass is 508 g/mol. The number of phenolic OH excluding ortho intramolecular Hbond substituents is 1. The Balaban J connectivity index is 2.35. The van der Waals surface area contributed by atoms with Gasteiger partial charge in [0, 0.05) is 13.2 Å². The third-order valence-corrected chi connectivity index (χ3v) is 6.52. The lowest BCUT2D eigenvalue weighted by molar-refractivity contribution is -0.148. The number of aryl methyl sites for hydroxylation is 1. The fraction of sp³-hybridized carbons (Fsp3) is 0.767. The molecule has 0 aliphatic rings. The average molecular weight is 509 g/mol. The van der Waals surface area contributed by atoms with Gasteiger partial charge in [0.05, 0.1) is 0 Å². The van der Waals surface area contributed by atoms with Crippen LogP contribution in [0.1, 0.15) is 129 Å². The molecule has 0 aliphatic heterocycles. The number of hydrogen-bond acceptors (Lipinski definition) is 5. The Morgan fingerprint density at radius 1 is 0.750 bits per heavy atom. The van der Waals surface area contributed by atoms with Gasteiger partial charge in [-0.1, -0.05) is 103 Å². The summed E-state index contributed by atoms with van der Waals surface area (Å²) in [4.78, 5) is 10.8. The van der Waals surface area contributed by atoms with Crippen LogP contribution in [-0.2, 0) is 15.9 Å². The SMILES string of the molecule is CCCCCCCCCOC(CCCCc1cccc(OC(=O)O)c1O)OCCCCCCCCC. The van der Waals surface area contributed by atoms with Gasteiger partial charge in [-0.3, -0.25) is 0 Å². The van der Waals surface area contributed by atoms with Crippen LogP contribution in [0, 0.1) is 0 Å². The molecule has 1 rings (SSSR count). The van der Waals surface area contributed by atoms with Gasteiger partial charge in [0.1, 0.15) is 0 Å². The first kappa shape index (κ1) is 32.2. The molecule has 6 nitrogen and oxygen atoms in total. The molecule has 208 valence electrons. The third kappa shape index (κ3) is 16.8. The van der Waals surface area contributed by atoms with E-state index in [1.807, 2.05) is 0 Å². The quantitative estimate of drug-likeness (QED) is 0.0627. The molecule has 2 N–H and O–H groups in total. The fourth-order valence-electron chi connectivity index (χ4n) is 4.34. The van der Waals surface area contributed by atoms with Gasteiger partial charge in [-0.2, -0.15) is 0 Å². The Morgan fingerprint density at radius 3 is 1.81 bits per heavy atom. The fourth-order valence-corrected chi connectivity index (χ4v) is 4.34. The maximum absolute atomic E-state index is 10.8. The van der Waals surface area contributed by atoms with Crippen molar-refractivity contribution in [1.82, 2.24) is 0 Å². The molecule has 0 saturated heterocycles. The van der Waals surface area contributed by atoms with Gasteiger partial charge in [-0.05, 0) is 50.2 Å². The molecule has 0 aliphatic carbocycles. The van der Waals surface area contributed by atoms with Crippen molar-refractivity contribution < 1.29 is 29.2 Å². The maximum atomic E-state index is 10.8. The number of carboxylic acid groups (broad SMARTS) is 1. The summed E-state index contributed by atoms with van der Waals surface area (Å²) in [7, 11) is 0. The molecular weight excluding hydrogens is 456 g/mol. The van der Waals surface area contributed by atoms with E-state index in [9.17, 15) is 9.90 Å². The number of ether oxygens (including phenoxy) is 3. The van der Waals surface area contributed by atoms with E-state index in [0.29, 0.717) is 12.0 Å². The second-order valence-electron chi connectivity index (χ2n) is 9.79. The molecule has 0 saturated carbocycles. The van der Waals surface area contributed by atoms with Crippen LogP contribution in [0.15, 0.2) is 18.2 Å². The number of rotatable bonds is 24. The standard InChI is InChI=1S/C30H52O6/c1-3-5-7-9-11-13-17-24-34-28(35-25-18-14-12-10-8-6-4-2)23-16-15-20-26-21-19-22-27(29(26)31)36-30(32)33/h19,21-22,28,31H,3-18,20,23-25H2,1-2H3,(H,32,33). The Labute approximate surface area is 219 Å². The normalized spacial score (nSPS) is 11.3. The summed E-state index contributed by atoms with van der Waals surface area (Å²) in [5.74, 6) is -0.115. The molecular formula is C30H52O6. The van der Waals surface area contributed by atoms with E-state index in [0.717, 1.165) is 45.3 Å². The molecule has 0 unspecified atom stereocenters. The highest BCUT2D eigenvalue weighted by Gasteiger charge is 2.13. The van der Waals surface area contributed by atoms with Crippen LogP contribution in [0.5, 0.6) is 11.5 Å². The summed E-state index contributed by atoms with van der Waals surface area (Å²) >= 11 is 0. The molecule has 0 radical (unpaired) electrons. The summed E-state index contributed by atoms with van der Waals surface area (Å²) < 4.78 is 16.9.